The van der Waals surface area contributed by atoms with Gasteiger partial charge in [0.15, 0.2) is 0 Å². The van der Waals surface area contributed by atoms with Crippen LogP contribution in [0.1, 0.15) is 58.0 Å². The maximum absolute atomic E-state index is 15.1. The second kappa shape index (κ2) is 6.60. The summed E-state index contributed by atoms with van der Waals surface area (Å²) in [5.74, 6) is -2.75. The quantitative estimate of drug-likeness (QED) is 0.574. The molecule has 3 rings (SSSR count). The molecule has 0 spiro atoms. The van der Waals surface area contributed by atoms with E-state index in [1.54, 1.807) is 0 Å². The number of benzene rings is 2. The Labute approximate surface area is 160 Å². The van der Waals surface area contributed by atoms with E-state index in [4.69, 9.17) is 8.22 Å². The number of hydrogen-bond acceptors (Lipinski definition) is 1. The van der Waals surface area contributed by atoms with Crippen molar-refractivity contribution in [1.29, 1.82) is 0 Å². The maximum Gasteiger partial charge on any atom is 0.416 e. The molecule has 2 aromatic carbocycles. The molecule has 1 unspecified atom stereocenters. The van der Waals surface area contributed by atoms with Gasteiger partial charge in [0, 0.05) is 27.1 Å². The first kappa shape index (κ1) is 12.4. The fraction of sp³-hybridized carbons (Fsp3) is 0.429. The lowest BCUT2D eigenvalue weighted by Gasteiger charge is -2.23. The molecule has 26 heavy (non-hydrogen) atoms. The molecule has 0 amide bonds. The molecule has 1 aliphatic rings. The second-order valence-corrected chi connectivity index (χ2v) is 7.19. The summed E-state index contributed by atoms with van der Waals surface area (Å²) < 4.78 is 104. The van der Waals surface area contributed by atoms with E-state index in [0.29, 0.717) is 22.6 Å². The first-order valence-corrected chi connectivity index (χ1v) is 8.10. The molecule has 1 saturated heterocycles. The molecule has 0 aromatic heterocycles. The lowest BCUT2D eigenvalue weighted by Crippen LogP contribution is -2.21. The zero-order valence-corrected chi connectivity index (χ0v) is 14.6. The summed E-state index contributed by atoms with van der Waals surface area (Å²) in [5, 5.41) is 0. The Morgan fingerprint density at radius 2 is 1.62 bits per heavy atom. The van der Waals surface area contributed by atoms with Crippen LogP contribution in [0.2, 0.25) is 0 Å². The van der Waals surface area contributed by atoms with Crippen LogP contribution in [0.25, 0.3) is 0 Å². The molecule has 1 atom stereocenters. The van der Waals surface area contributed by atoms with Crippen molar-refractivity contribution in [1.82, 2.24) is 0 Å². The lowest BCUT2D eigenvalue weighted by atomic mass is 9.87. The second-order valence-electron chi connectivity index (χ2n) is 7.19. The van der Waals surface area contributed by atoms with Crippen LogP contribution in [0, 0.1) is 5.82 Å². The summed E-state index contributed by atoms with van der Waals surface area (Å²) >= 11 is 0. The van der Waals surface area contributed by atoms with Gasteiger partial charge in [-0.05, 0) is 47.2 Å². The molecule has 0 radical (unpaired) electrons. The van der Waals surface area contributed by atoms with Gasteiger partial charge in [-0.15, -0.1) is 0 Å². The van der Waals surface area contributed by atoms with E-state index < -0.39 is 53.9 Å². The van der Waals surface area contributed by atoms with Gasteiger partial charge >= 0.3 is 6.18 Å². The van der Waals surface area contributed by atoms with Gasteiger partial charge in [0.05, 0.1) is 11.3 Å². The van der Waals surface area contributed by atoms with E-state index in [1.807, 2.05) is 20.8 Å². The van der Waals surface area contributed by atoms with Crippen molar-refractivity contribution in [2.45, 2.75) is 44.7 Å². The van der Waals surface area contributed by atoms with Crippen molar-refractivity contribution in [2.24, 2.45) is 0 Å². The number of nitrogens with zero attached hydrogens (tertiary/aromatic N) is 1. The molecule has 140 valence electrons. The average molecular weight is 371 g/mol. The first-order valence-electron chi connectivity index (χ1n) is 11.1. The summed E-state index contributed by atoms with van der Waals surface area (Å²) in [6.07, 6.45) is -7.53. The first-order chi connectivity index (χ1) is 14.3. The van der Waals surface area contributed by atoms with Gasteiger partial charge in [0.25, 0.3) is 0 Å². The van der Waals surface area contributed by atoms with E-state index >= 15 is 4.39 Å². The highest BCUT2D eigenvalue weighted by Gasteiger charge is 2.31. The van der Waals surface area contributed by atoms with Crippen molar-refractivity contribution < 1.29 is 25.8 Å². The number of hydrogen-bond donors (Lipinski definition) is 0. The minimum atomic E-state index is -4.63. The highest BCUT2D eigenvalue weighted by Crippen LogP contribution is 2.35. The predicted molar refractivity (Wildman–Crippen MR) is 96.1 cm³/mol. The Balaban J connectivity index is 2.15. The van der Waals surface area contributed by atoms with Crippen LogP contribution in [0.15, 0.2) is 42.5 Å². The van der Waals surface area contributed by atoms with Gasteiger partial charge in [0.2, 0.25) is 0 Å². The highest BCUT2D eigenvalue weighted by atomic mass is 19.4. The van der Waals surface area contributed by atoms with Gasteiger partial charge in [-0.1, -0.05) is 39.0 Å². The Hall–Kier alpha value is -2.04. The number of halogens is 4. The zero-order valence-electron chi connectivity index (χ0n) is 20.6. The van der Waals surface area contributed by atoms with Crippen molar-refractivity contribution in [3.63, 3.8) is 0 Å². The Bertz CT molecular complexity index is 1010. The summed E-state index contributed by atoms with van der Waals surface area (Å²) in [4.78, 5) is 0.421. The topological polar surface area (TPSA) is 3.24 Å². The lowest BCUT2D eigenvalue weighted by molar-refractivity contribution is -0.137. The van der Waals surface area contributed by atoms with Crippen molar-refractivity contribution in [3.8, 4) is 0 Å². The number of rotatable bonds is 2. The van der Waals surface area contributed by atoms with Gasteiger partial charge < -0.3 is 4.90 Å². The number of alkyl halides is 3. The summed E-state index contributed by atoms with van der Waals surface area (Å²) in [5.41, 5.74) is -1.47. The van der Waals surface area contributed by atoms with Crippen LogP contribution >= 0.6 is 0 Å². The van der Waals surface area contributed by atoms with Crippen LogP contribution in [-0.2, 0) is 11.6 Å². The van der Waals surface area contributed by atoms with Crippen molar-refractivity contribution in [2.75, 3.05) is 17.9 Å². The molecule has 1 aliphatic heterocycles. The highest BCUT2D eigenvalue weighted by molar-refractivity contribution is 5.52. The average Bonchev–Trinajstić information content (AvgIpc) is 2.71. The Kier molecular flexibility index (Phi) is 3.14. The zero-order chi connectivity index (χ0) is 24.5. The minimum Gasteiger partial charge on any atom is -0.369 e. The molecule has 0 aliphatic carbocycles. The van der Waals surface area contributed by atoms with Crippen molar-refractivity contribution >= 4 is 5.69 Å². The SMILES string of the molecule is [2H]C1([2H])C(c2ccc(C(F)(F)F)cc2)C([2H])([2H])C([2H])([2H])N1c1ccc(C(C)(C)C)cc1F. The molecular weight excluding hydrogens is 342 g/mol. The van der Waals surface area contributed by atoms with Crippen LogP contribution in [0.3, 0.4) is 0 Å². The van der Waals surface area contributed by atoms with E-state index in [9.17, 15) is 13.2 Å². The monoisotopic (exact) mass is 371 g/mol. The van der Waals surface area contributed by atoms with E-state index in [0.717, 1.165) is 18.2 Å². The van der Waals surface area contributed by atoms with Gasteiger partial charge in [-0.3, -0.25) is 0 Å². The fourth-order valence-electron chi connectivity index (χ4n) is 2.63. The molecule has 0 N–H and O–H groups in total. The molecule has 0 bridgehead atoms. The summed E-state index contributed by atoms with van der Waals surface area (Å²) in [6, 6.07) is 7.13. The minimum absolute atomic E-state index is 0.161. The normalized spacial score (nSPS) is 27.7. The smallest absolute Gasteiger partial charge is 0.369 e. The van der Waals surface area contributed by atoms with Crippen molar-refractivity contribution in [3.05, 3.63) is 65.0 Å². The molecule has 1 fully saturated rings. The Morgan fingerprint density at radius 1 is 1.00 bits per heavy atom. The van der Waals surface area contributed by atoms with Gasteiger partial charge in [0.1, 0.15) is 5.82 Å². The van der Waals surface area contributed by atoms with E-state index in [2.05, 4.69) is 0 Å². The third kappa shape index (κ3) is 3.87. The molecule has 1 heterocycles. The molecular formula is C21H23F4N. The van der Waals surface area contributed by atoms with Gasteiger partial charge in [-0.2, -0.15) is 13.2 Å². The van der Waals surface area contributed by atoms with Crippen LogP contribution in [-0.4, -0.2) is 13.0 Å². The molecule has 1 nitrogen and oxygen atoms in total. The van der Waals surface area contributed by atoms with E-state index in [-0.39, 0.29) is 5.56 Å². The predicted octanol–water partition coefficient (Wildman–Crippen LogP) is 6.14. The van der Waals surface area contributed by atoms with E-state index in [1.165, 1.54) is 12.1 Å². The molecule has 5 heteroatoms. The number of anilines is 1. The standard InChI is InChI=1S/C21H23F4N/c1-20(2,3)17-8-9-19(18(22)12-17)26-11-10-15(13-26)14-4-6-16(7-5-14)21(23,24)25/h4-9,12,15H,10-11,13H2,1-3H3/i10D2,11D2,13D2. The van der Waals surface area contributed by atoms with Crippen LogP contribution in [0.4, 0.5) is 23.2 Å². The Morgan fingerprint density at radius 3 is 2.15 bits per heavy atom. The van der Waals surface area contributed by atoms with Crippen LogP contribution in [0.5, 0.6) is 0 Å². The maximum atomic E-state index is 15.1. The van der Waals surface area contributed by atoms with Crippen LogP contribution < -0.4 is 4.90 Å². The van der Waals surface area contributed by atoms with Gasteiger partial charge in [-0.25, -0.2) is 4.39 Å². The third-order valence-electron chi connectivity index (χ3n) is 4.20. The third-order valence-corrected chi connectivity index (χ3v) is 4.20. The molecule has 0 saturated carbocycles. The largest absolute Gasteiger partial charge is 0.416 e. The summed E-state index contributed by atoms with van der Waals surface area (Å²) in [6.45, 7) is -0.274. The summed E-state index contributed by atoms with van der Waals surface area (Å²) in [7, 11) is 0. The fourth-order valence-corrected chi connectivity index (χ4v) is 2.63. The molecule has 2 aromatic rings.